The molecule has 0 aromatic carbocycles. The molecular formula is C14H24N2O. The SMILES string of the molecule is CCC(C#N)(CC)C(=O)NCC1(C(C)C)CC1. The number of nitrogens with zero attached hydrogens (tertiary/aromatic N) is 1. The van der Waals surface area contributed by atoms with E-state index in [1.54, 1.807) is 0 Å². The molecule has 0 radical (unpaired) electrons. The van der Waals surface area contributed by atoms with Gasteiger partial charge in [-0.2, -0.15) is 5.26 Å². The maximum Gasteiger partial charge on any atom is 0.240 e. The highest BCUT2D eigenvalue weighted by Crippen LogP contribution is 2.51. The monoisotopic (exact) mass is 236 g/mol. The Morgan fingerprint density at radius 1 is 1.41 bits per heavy atom. The second-order valence-corrected chi connectivity index (χ2v) is 5.60. The van der Waals surface area contributed by atoms with E-state index in [2.05, 4.69) is 25.2 Å². The predicted octanol–water partition coefficient (Wildman–Crippen LogP) is 2.87. The lowest BCUT2D eigenvalue weighted by molar-refractivity contribution is -0.128. The molecule has 96 valence electrons. The highest BCUT2D eigenvalue weighted by atomic mass is 16.2. The van der Waals surface area contributed by atoms with Gasteiger partial charge in [-0.25, -0.2) is 0 Å². The maximum atomic E-state index is 12.1. The molecule has 0 aliphatic heterocycles. The number of nitriles is 1. The lowest BCUT2D eigenvalue weighted by atomic mass is 9.82. The maximum absolute atomic E-state index is 12.1. The van der Waals surface area contributed by atoms with Crippen LogP contribution in [0.3, 0.4) is 0 Å². The van der Waals surface area contributed by atoms with E-state index in [0.717, 1.165) is 6.54 Å². The molecule has 0 bridgehead atoms. The van der Waals surface area contributed by atoms with Crippen LogP contribution in [0.1, 0.15) is 53.4 Å². The molecule has 0 saturated heterocycles. The lowest BCUT2D eigenvalue weighted by Gasteiger charge is -2.25. The van der Waals surface area contributed by atoms with Crippen molar-refractivity contribution in [1.82, 2.24) is 5.32 Å². The van der Waals surface area contributed by atoms with Crippen LogP contribution in [0.5, 0.6) is 0 Å². The van der Waals surface area contributed by atoms with Crippen LogP contribution in [-0.2, 0) is 4.79 Å². The molecule has 1 N–H and O–H groups in total. The van der Waals surface area contributed by atoms with Gasteiger partial charge in [0.2, 0.25) is 5.91 Å². The third kappa shape index (κ3) is 2.62. The summed E-state index contributed by atoms with van der Waals surface area (Å²) in [7, 11) is 0. The Kier molecular flexibility index (Phi) is 4.19. The summed E-state index contributed by atoms with van der Waals surface area (Å²) in [6.07, 6.45) is 3.56. The molecule has 1 aliphatic rings. The summed E-state index contributed by atoms with van der Waals surface area (Å²) in [5.74, 6) is 0.513. The fraction of sp³-hybridized carbons (Fsp3) is 0.857. The number of hydrogen-bond donors (Lipinski definition) is 1. The van der Waals surface area contributed by atoms with Crippen molar-refractivity contribution >= 4 is 5.91 Å². The zero-order valence-corrected chi connectivity index (χ0v) is 11.5. The molecule has 1 amide bonds. The van der Waals surface area contributed by atoms with E-state index in [1.165, 1.54) is 12.8 Å². The Hall–Kier alpha value is -1.04. The number of carbonyl (C=O) groups excluding carboxylic acids is 1. The second kappa shape index (κ2) is 5.08. The lowest BCUT2D eigenvalue weighted by Crippen LogP contribution is -2.42. The average molecular weight is 236 g/mol. The van der Waals surface area contributed by atoms with Crippen molar-refractivity contribution in [3.63, 3.8) is 0 Å². The molecule has 0 unspecified atom stereocenters. The zero-order valence-electron chi connectivity index (χ0n) is 11.5. The largest absolute Gasteiger partial charge is 0.354 e. The normalized spacial score (nSPS) is 17.6. The third-order valence-electron chi connectivity index (χ3n) is 4.57. The van der Waals surface area contributed by atoms with Crippen molar-refractivity contribution in [2.24, 2.45) is 16.7 Å². The molecule has 0 heterocycles. The molecule has 0 aromatic rings. The Balaban J connectivity index is 2.58. The summed E-state index contributed by atoms with van der Waals surface area (Å²) in [4.78, 5) is 12.1. The van der Waals surface area contributed by atoms with Crippen LogP contribution in [0.4, 0.5) is 0 Å². The van der Waals surface area contributed by atoms with Crippen LogP contribution in [0.25, 0.3) is 0 Å². The van der Waals surface area contributed by atoms with Crippen molar-refractivity contribution in [2.45, 2.75) is 53.4 Å². The van der Waals surface area contributed by atoms with Gasteiger partial charge in [-0.15, -0.1) is 0 Å². The van der Waals surface area contributed by atoms with E-state index in [-0.39, 0.29) is 5.91 Å². The summed E-state index contributed by atoms with van der Waals surface area (Å²) in [6.45, 7) is 8.95. The number of carbonyl (C=O) groups is 1. The van der Waals surface area contributed by atoms with E-state index in [0.29, 0.717) is 24.2 Å². The topological polar surface area (TPSA) is 52.9 Å². The van der Waals surface area contributed by atoms with Gasteiger partial charge >= 0.3 is 0 Å². The summed E-state index contributed by atoms with van der Waals surface area (Å²) >= 11 is 0. The molecule has 3 heteroatoms. The van der Waals surface area contributed by atoms with Crippen LogP contribution in [0.15, 0.2) is 0 Å². The van der Waals surface area contributed by atoms with Gasteiger partial charge in [0.25, 0.3) is 0 Å². The fourth-order valence-electron chi connectivity index (χ4n) is 2.32. The number of amides is 1. The van der Waals surface area contributed by atoms with Crippen LogP contribution >= 0.6 is 0 Å². The van der Waals surface area contributed by atoms with Gasteiger partial charge in [-0.1, -0.05) is 27.7 Å². The number of hydrogen-bond acceptors (Lipinski definition) is 2. The molecule has 0 spiro atoms. The fourth-order valence-corrected chi connectivity index (χ4v) is 2.32. The molecule has 0 aromatic heterocycles. The van der Waals surface area contributed by atoms with Gasteiger partial charge in [-0.05, 0) is 37.0 Å². The zero-order chi connectivity index (χ0) is 13.1. The highest BCUT2D eigenvalue weighted by Gasteiger charge is 2.46. The molecule has 17 heavy (non-hydrogen) atoms. The first-order valence-corrected chi connectivity index (χ1v) is 6.66. The Morgan fingerprint density at radius 3 is 2.24 bits per heavy atom. The quantitative estimate of drug-likeness (QED) is 0.771. The van der Waals surface area contributed by atoms with Gasteiger partial charge in [0.05, 0.1) is 6.07 Å². The van der Waals surface area contributed by atoms with Gasteiger partial charge in [0, 0.05) is 6.54 Å². The van der Waals surface area contributed by atoms with Gasteiger partial charge in [0.15, 0.2) is 0 Å². The molecule has 1 fully saturated rings. The minimum Gasteiger partial charge on any atom is -0.354 e. The average Bonchev–Trinajstić information content (AvgIpc) is 3.10. The van der Waals surface area contributed by atoms with Crippen molar-refractivity contribution in [3.05, 3.63) is 0 Å². The van der Waals surface area contributed by atoms with Crippen molar-refractivity contribution < 1.29 is 4.79 Å². The summed E-state index contributed by atoms with van der Waals surface area (Å²) in [5, 5.41) is 12.2. The van der Waals surface area contributed by atoms with Crippen LogP contribution in [-0.4, -0.2) is 12.5 Å². The van der Waals surface area contributed by atoms with Crippen molar-refractivity contribution in [2.75, 3.05) is 6.54 Å². The van der Waals surface area contributed by atoms with E-state index >= 15 is 0 Å². The Morgan fingerprint density at radius 2 is 1.94 bits per heavy atom. The standard InChI is InChI=1S/C14H24N2O/c1-5-13(6-2,9-15)12(17)16-10-14(7-8-14)11(3)4/h11H,5-8,10H2,1-4H3,(H,16,17). The molecular weight excluding hydrogens is 212 g/mol. The highest BCUT2D eigenvalue weighted by molar-refractivity contribution is 5.85. The van der Waals surface area contributed by atoms with Crippen molar-refractivity contribution in [1.29, 1.82) is 5.26 Å². The van der Waals surface area contributed by atoms with Gasteiger partial charge in [-0.3, -0.25) is 4.79 Å². The minimum atomic E-state index is -0.826. The first kappa shape index (κ1) is 14.0. The number of rotatable bonds is 6. The second-order valence-electron chi connectivity index (χ2n) is 5.60. The number of nitrogens with one attached hydrogen (secondary N) is 1. The molecule has 1 saturated carbocycles. The summed E-state index contributed by atoms with van der Waals surface area (Å²) < 4.78 is 0. The van der Waals surface area contributed by atoms with Crippen molar-refractivity contribution in [3.8, 4) is 6.07 Å². The van der Waals surface area contributed by atoms with Crippen LogP contribution in [0.2, 0.25) is 0 Å². The first-order valence-electron chi connectivity index (χ1n) is 6.66. The van der Waals surface area contributed by atoms with E-state index in [1.807, 2.05) is 13.8 Å². The predicted molar refractivity (Wildman–Crippen MR) is 68.1 cm³/mol. The molecule has 0 atom stereocenters. The Labute approximate surface area is 105 Å². The smallest absolute Gasteiger partial charge is 0.240 e. The molecule has 1 aliphatic carbocycles. The summed E-state index contributed by atoms with van der Waals surface area (Å²) in [6, 6.07) is 2.19. The Bertz CT molecular complexity index is 320. The van der Waals surface area contributed by atoms with E-state index < -0.39 is 5.41 Å². The minimum absolute atomic E-state index is 0.0862. The summed E-state index contributed by atoms with van der Waals surface area (Å²) in [5.41, 5.74) is -0.522. The molecule has 3 nitrogen and oxygen atoms in total. The van der Waals surface area contributed by atoms with E-state index in [4.69, 9.17) is 0 Å². The van der Waals surface area contributed by atoms with Crippen LogP contribution in [0, 0.1) is 28.1 Å². The third-order valence-corrected chi connectivity index (χ3v) is 4.57. The molecule has 1 rings (SSSR count). The van der Waals surface area contributed by atoms with Gasteiger partial charge < -0.3 is 5.32 Å². The van der Waals surface area contributed by atoms with E-state index in [9.17, 15) is 10.1 Å². The van der Waals surface area contributed by atoms with Gasteiger partial charge in [0.1, 0.15) is 5.41 Å². The van der Waals surface area contributed by atoms with Crippen LogP contribution < -0.4 is 5.32 Å². The first-order chi connectivity index (χ1) is 7.96.